The Morgan fingerprint density at radius 1 is 1.25 bits per heavy atom. The molecular weight excluding hydrogens is 356 g/mol. The zero-order valence-electron chi connectivity index (χ0n) is 16.8. The molecule has 1 saturated heterocycles. The van der Waals surface area contributed by atoms with Crippen LogP contribution in [-0.2, 0) is 24.1 Å². The van der Waals surface area contributed by atoms with Gasteiger partial charge in [-0.05, 0) is 44.0 Å². The molecule has 0 aliphatic carbocycles. The minimum Gasteiger partial charge on any atom is -0.496 e. The van der Waals surface area contributed by atoms with Crippen molar-refractivity contribution in [2.75, 3.05) is 26.7 Å². The fourth-order valence-electron chi connectivity index (χ4n) is 3.72. The van der Waals surface area contributed by atoms with Crippen LogP contribution in [0.15, 0.2) is 28.7 Å². The lowest BCUT2D eigenvalue weighted by Crippen LogP contribution is -2.40. The molecule has 0 spiro atoms. The molecular formula is C21H30N4O3. The largest absolute Gasteiger partial charge is 0.496 e. The molecule has 2 aromatic rings. The van der Waals surface area contributed by atoms with E-state index in [1.165, 1.54) is 6.42 Å². The summed E-state index contributed by atoms with van der Waals surface area (Å²) in [7, 11) is 1.67. The summed E-state index contributed by atoms with van der Waals surface area (Å²) in [5.41, 5.74) is 1.11. The van der Waals surface area contributed by atoms with Crippen LogP contribution in [0.25, 0.3) is 0 Å². The number of likely N-dealkylation sites (tertiary alicyclic amines) is 1. The van der Waals surface area contributed by atoms with Gasteiger partial charge in [0.25, 0.3) is 0 Å². The van der Waals surface area contributed by atoms with Gasteiger partial charge in [-0.3, -0.25) is 9.69 Å². The van der Waals surface area contributed by atoms with Crippen molar-refractivity contribution in [3.63, 3.8) is 0 Å². The molecule has 1 N–H and O–H groups in total. The fraction of sp³-hybridized carbons (Fsp3) is 0.571. The van der Waals surface area contributed by atoms with Crippen LogP contribution >= 0.6 is 0 Å². The third-order valence-electron chi connectivity index (χ3n) is 5.32. The predicted molar refractivity (Wildman–Crippen MR) is 106 cm³/mol. The van der Waals surface area contributed by atoms with Crippen LogP contribution in [-0.4, -0.2) is 53.8 Å². The van der Waals surface area contributed by atoms with Crippen molar-refractivity contribution < 1.29 is 13.9 Å². The van der Waals surface area contributed by atoms with Crippen molar-refractivity contribution in [2.24, 2.45) is 0 Å². The van der Waals surface area contributed by atoms with Crippen molar-refractivity contribution in [3.8, 4) is 5.75 Å². The number of aryl methyl sites for hydroxylation is 3. The summed E-state index contributed by atoms with van der Waals surface area (Å²) in [6.07, 6.45) is 4.62. The molecule has 3 rings (SSSR count). The predicted octanol–water partition coefficient (Wildman–Crippen LogP) is 2.40. The number of carbonyl (C=O) groups is 1. The van der Waals surface area contributed by atoms with Crippen LogP contribution in [0.4, 0.5) is 0 Å². The van der Waals surface area contributed by atoms with Crippen molar-refractivity contribution >= 4 is 5.91 Å². The summed E-state index contributed by atoms with van der Waals surface area (Å²) in [5.74, 6) is 2.01. The molecule has 1 aromatic carbocycles. The second-order valence-corrected chi connectivity index (χ2v) is 7.13. The van der Waals surface area contributed by atoms with Gasteiger partial charge in [0.05, 0.1) is 7.11 Å². The van der Waals surface area contributed by atoms with Crippen LogP contribution in [0.1, 0.15) is 43.5 Å². The Morgan fingerprint density at radius 3 is 2.82 bits per heavy atom. The second-order valence-electron chi connectivity index (χ2n) is 7.13. The molecule has 1 amide bonds. The van der Waals surface area contributed by atoms with Gasteiger partial charge in [0.2, 0.25) is 17.7 Å². The molecule has 1 aliphatic rings. The van der Waals surface area contributed by atoms with Gasteiger partial charge in [0.1, 0.15) is 5.75 Å². The number of aromatic nitrogens is 2. The number of nitrogens with zero attached hydrogens (tertiary/aromatic N) is 3. The Bertz CT molecular complexity index is 762. The van der Waals surface area contributed by atoms with E-state index in [4.69, 9.17) is 9.15 Å². The Balaban J connectivity index is 1.40. The highest BCUT2D eigenvalue weighted by Crippen LogP contribution is 2.19. The molecule has 1 atom stereocenters. The van der Waals surface area contributed by atoms with Crippen LogP contribution < -0.4 is 10.1 Å². The number of benzene rings is 1. The maximum absolute atomic E-state index is 12.1. The number of carbonyl (C=O) groups excluding carboxylic acids is 1. The first-order chi connectivity index (χ1) is 13.7. The number of methoxy groups -OCH3 is 1. The number of nitrogens with one attached hydrogen (secondary N) is 1. The first kappa shape index (κ1) is 20.3. The second kappa shape index (κ2) is 10.2. The molecule has 7 heteroatoms. The average molecular weight is 386 g/mol. The summed E-state index contributed by atoms with van der Waals surface area (Å²) in [4.78, 5) is 14.5. The van der Waals surface area contributed by atoms with Gasteiger partial charge < -0.3 is 14.5 Å². The van der Waals surface area contributed by atoms with Crippen LogP contribution in [0.5, 0.6) is 5.75 Å². The third kappa shape index (κ3) is 5.55. The van der Waals surface area contributed by atoms with E-state index < -0.39 is 0 Å². The Hall–Kier alpha value is -2.41. The van der Waals surface area contributed by atoms with E-state index in [1.54, 1.807) is 7.11 Å². The van der Waals surface area contributed by atoms with Crippen molar-refractivity contribution in [3.05, 3.63) is 41.6 Å². The van der Waals surface area contributed by atoms with E-state index in [-0.39, 0.29) is 5.91 Å². The van der Waals surface area contributed by atoms with E-state index >= 15 is 0 Å². The minimum atomic E-state index is 0.0386. The lowest BCUT2D eigenvalue weighted by atomic mass is 10.1. The number of hydrogen-bond donors (Lipinski definition) is 1. The van der Waals surface area contributed by atoms with Gasteiger partial charge in [-0.1, -0.05) is 25.1 Å². The highest BCUT2D eigenvalue weighted by Gasteiger charge is 2.23. The Kier molecular flexibility index (Phi) is 7.42. The number of ether oxygens (including phenoxy) is 1. The summed E-state index contributed by atoms with van der Waals surface area (Å²) in [6.45, 7) is 5.07. The number of amides is 1. The topological polar surface area (TPSA) is 80.5 Å². The normalized spacial score (nSPS) is 17.0. The maximum atomic E-state index is 12.1. The number of para-hydroxylation sites is 1. The van der Waals surface area contributed by atoms with Gasteiger partial charge in [-0.15, -0.1) is 10.2 Å². The van der Waals surface area contributed by atoms with Gasteiger partial charge in [-0.2, -0.15) is 0 Å². The Labute approximate surface area is 166 Å². The summed E-state index contributed by atoms with van der Waals surface area (Å²) < 4.78 is 11.1. The van der Waals surface area contributed by atoms with E-state index in [2.05, 4.69) is 27.3 Å². The molecule has 1 unspecified atom stereocenters. The van der Waals surface area contributed by atoms with Gasteiger partial charge in [0, 0.05) is 31.8 Å². The molecule has 152 valence electrons. The summed E-state index contributed by atoms with van der Waals surface area (Å²) >= 11 is 0. The smallest absolute Gasteiger partial charge is 0.220 e. The highest BCUT2D eigenvalue weighted by molar-refractivity contribution is 5.76. The average Bonchev–Trinajstić information content (AvgIpc) is 3.38. The molecule has 1 aliphatic heterocycles. The van der Waals surface area contributed by atoms with Crippen molar-refractivity contribution in [2.45, 2.75) is 51.5 Å². The minimum absolute atomic E-state index is 0.0386. The number of rotatable bonds is 10. The third-order valence-corrected chi connectivity index (χ3v) is 5.32. The summed E-state index contributed by atoms with van der Waals surface area (Å²) in [5, 5.41) is 11.2. The zero-order chi connectivity index (χ0) is 19.8. The first-order valence-corrected chi connectivity index (χ1v) is 10.1. The molecule has 1 fully saturated rings. The lowest BCUT2D eigenvalue weighted by Gasteiger charge is -2.22. The van der Waals surface area contributed by atoms with E-state index in [9.17, 15) is 4.79 Å². The molecule has 1 aromatic heterocycles. The number of likely N-dealkylation sites (N-methyl/N-ethyl adjacent to an activating group) is 1. The molecule has 2 heterocycles. The SMILES string of the molecule is CCN1CCCC1CNC(=O)CCc1nnc(CCc2ccccc2OC)o1. The first-order valence-electron chi connectivity index (χ1n) is 10.1. The fourth-order valence-corrected chi connectivity index (χ4v) is 3.72. The molecule has 0 bridgehead atoms. The van der Waals surface area contributed by atoms with Crippen LogP contribution in [0.3, 0.4) is 0 Å². The maximum Gasteiger partial charge on any atom is 0.220 e. The van der Waals surface area contributed by atoms with E-state index in [1.807, 2.05) is 24.3 Å². The standard InChI is InChI=1S/C21H30N4O3/c1-3-25-14-6-8-17(25)15-22-19(26)11-13-21-24-23-20(28-21)12-10-16-7-4-5-9-18(16)27-2/h4-5,7,9,17H,3,6,8,10-15H2,1-2H3,(H,22,26). The number of hydrogen-bond acceptors (Lipinski definition) is 6. The molecule has 0 radical (unpaired) electrons. The monoisotopic (exact) mass is 386 g/mol. The van der Waals surface area contributed by atoms with Gasteiger partial charge in [-0.25, -0.2) is 0 Å². The van der Waals surface area contributed by atoms with Crippen LogP contribution in [0.2, 0.25) is 0 Å². The van der Waals surface area contributed by atoms with Crippen molar-refractivity contribution in [1.82, 2.24) is 20.4 Å². The molecule has 0 saturated carbocycles. The van der Waals surface area contributed by atoms with Crippen LogP contribution in [0, 0.1) is 0 Å². The Morgan fingerprint density at radius 2 is 2.04 bits per heavy atom. The summed E-state index contributed by atoms with van der Waals surface area (Å²) in [6, 6.07) is 8.38. The van der Waals surface area contributed by atoms with Crippen molar-refractivity contribution in [1.29, 1.82) is 0 Å². The van der Waals surface area contributed by atoms with Gasteiger partial charge in [0.15, 0.2) is 0 Å². The molecule has 28 heavy (non-hydrogen) atoms. The van der Waals surface area contributed by atoms with E-state index in [0.29, 0.717) is 37.1 Å². The highest BCUT2D eigenvalue weighted by atomic mass is 16.5. The quantitative estimate of drug-likeness (QED) is 0.675. The molecule has 7 nitrogen and oxygen atoms in total. The zero-order valence-corrected chi connectivity index (χ0v) is 16.8. The lowest BCUT2D eigenvalue weighted by molar-refractivity contribution is -0.121. The van der Waals surface area contributed by atoms with Gasteiger partial charge >= 0.3 is 0 Å². The van der Waals surface area contributed by atoms with E-state index in [0.717, 1.165) is 43.8 Å².